The largest absolute Gasteiger partial charge is 0.494 e. The van der Waals surface area contributed by atoms with Crippen LogP contribution in [0, 0.1) is 5.82 Å². The van der Waals surface area contributed by atoms with Gasteiger partial charge in [0.25, 0.3) is 0 Å². The fourth-order valence-corrected chi connectivity index (χ4v) is 3.01. The lowest BCUT2D eigenvalue weighted by molar-refractivity contribution is -0.133. The van der Waals surface area contributed by atoms with E-state index in [1.54, 1.807) is 4.90 Å². The summed E-state index contributed by atoms with van der Waals surface area (Å²) in [5, 5.41) is 16.3. The van der Waals surface area contributed by atoms with Crippen molar-refractivity contribution in [3.63, 3.8) is 0 Å². The number of carboxylic acid groups (broad SMARTS) is 1. The minimum absolute atomic E-state index is 0.00245. The maximum Gasteiger partial charge on any atom is 0.343 e. The molecule has 2 N–H and O–H groups in total. The van der Waals surface area contributed by atoms with Crippen LogP contribution in [-0.4, -0.2) is 53.8 Å². The van der Waals surface area contributed by atoms with E-state index in [-0.39, 0.29) is 28.8 Å². The normalized spacial score (nSPS) is 14.3. The second-order valence-electron chi connectivity index (χ2n) is 6.15. The molecule has 0 radical (unpaired) electrons. The van der Waals surface area contributed by atoms with Crippen LogP contribution in [0.4, 0.5) is 10.2 Å². The van der Waals surface area contributed by atoms with Crippen molar-refractivity contribution >= 4 is 17.7 Å². The molecule has 0 aliphatic carbocycles. The van der Waals surface area contributed by atoms with E-state index in [4.69, 9.17) is 9.26 Å². The number of piperidine rings is 1. The Morgan fingerprint density at radius 1 is 1.44 bits per heavy atom. The standard InChI is InChI=1S/C18H20FN3O5/c1-26-13-10-11(5-6-12(13)19)16-15(18(24)25)17(21-27-16)20-7-9-22-8-3-2-4-14(22)23/h5-6,10H,2-4,7-9H2,1H3,(H,20,21)(H,24,25). The molecular formula is C18H20FN3O5. The maximum atomic E-state index is 13.6. The highest BCUT2D eigenvalue weighted by molar-refractivity contribution is 5.99. The predicted octanol–water partition coefficient (Wildman–Crippen LogP) is 2.61. The topological polar surface area (TPSA) is 105 Å². The highest BCUT2D eigenvalue weighted by atomic mass is 19.1. The van der Waals surface area contributed by atoms with Crippen LogP contribution in [0.2, 0.25) is 0 Å². The predicted molar refractivity (Wildman–Crippen MR) is 94.3 cm³/mol. The number of aromatic carboxylic acids is 1. The van der Waals surface area contributed by atoms with Crippen LogP contribution >= 0.6 is 0 Å². The maximum absolute atomic E-state index is 13.6. The van der Waals surface area contributed by atoms with Gasteiger partial charge in [0.05, 0.1) is 7.11 Å². The van der Waals surface area contributed by atoms with Gasteiger partial charge in [0.1, 0.15) is 0 Å². The van der Waals surface area contributed by atoms with Crippen molar-refractivity contribution < 1.29 is 28.3 Å². The highest BCUT2D eigenvalue weighted by Crippen LogP contribution is 2.32. The van der Waals surface area contributed by atoms with Gasteiger partial charge < -0.3 is 24.6 Å². The minimum atomic E-state index is -1.23. The molecule has 27 heavy (non-hydrogen) atoms. The molecule has 0 unspecified atom stereocenters. The SMILES string of the molecule is COc1cc(-c2onc(NCCN3CCCCC3=O)c2C(=O)O)ccc1F. The fourth-order valence-electron chi connectivity index (χ4n) is 3.01. The summed E-state index contributed by atoms with van der Waals surface area (Å²) in [6.07, 6.45) is 2.41. The van der Waals surface area contributed by atoms with E-state index in [1.165, 1.54) is 19.2 Å². The molecule has 144 valence electrons. The number of hydrogen-bond acceptors (Lipinski definition) is 6. The van der Waals surface area contributed by atoms with Gasteiger partial charge in [-0.1, -0.05) is 5.16 Å². The Morgan fingerprint density at radius 3 is 2.96 bits per heavy atom. The van der Waals surface area contributed by atoms with Crippen LogP contribution in [-0.2, 0) is 4.79 Å². The fraction of sp³-hybridized carbons (Fsp3) is 0.389. The zero-order chi connectivity index (χ0) is 19.4. The van der Waals surface area contributed by atoms with Crippen molar-refractivity contribution in [2.75, 3.05) is 32.1 Å². The molecule has 1 aromatic heterocycles. The molecule has 1 saturated heterocycles. The Labute approximate surface area is 154 Å². The molecule has 1 aliphatic rings. The van der Waals surface area contributed by atoms with E-state index in [9.17, 15) is 19.1 Å². The van der Waals surface area contributed by atoms with Gasteiger partial charge in [-0.25, -0.2) is 9.18 Å². The average molecular weight is 377 g/mol. The first-order valence-corrected chi connectivity index (χ1v) is 8.59. The van der Waals surface area contributed by atoms with Crippen molar-refractivity contribution in [3.05, 3.63) is 29.6 Å². The van der Waals surface area contributed by atoms with Crippen molar-refractivity contribution in [1.82, 2.24) is 10.1 Å². The molecular weight excluding hydrogens is 357 g/mol. The van der Waals surface area contributed by atoms with Gasteiger partial charge in [-0.05, 0) is 31.0 Å². The molecule has 1 aliphatic heterocycles. The van der Waals surface area contributed by atoms with Crippen LogP contribution in [0.3, 0.4) is 0 Å². The minimum Gasteiger partial charge on any atom is -0.494 e. The Hall–Kier alpha value is -3.10. The number of amides is 1. The van der Waals surface area contributed by atoms with Crippen molar-refractivity contribution in [2.24, 2.45) is 0 Å². The molecule has 9 heteroatoms. The molecule has 1 amide bonds. The number of rotatable bonds is 7. The molecule has 2 heterocycles. The smallest absolute Gasteiger partial charge is 0.343 e. The number of methoxy groups -OCH3 is 1. The molecule has 0 bridgehead atoms. The second kappa shape index (κ2) is 8.07. The monoisotopic (exact) mass is 377 g/mol. The number of hydrogen-bond donors (Lipinski definition) is 2. The Kier molecular flexibility index (Phi) is 5.58. The first-order valence-electron chi connectivity index (χ1n) is 8.59. The number of carbonyl (C=O) groups excluding carboxylic acids is 1. The first-order chi connectivity index (χ1) is 13.0. The number of likely N-dealkylation sites (tertiary alicyclic amines) is 1. The van der Waals surface area contributed by atoms with Crippen LogP contribution < -0.4 is 10.1 Å². The zero-order valence-electron chi connectivity index (χ0n) is 14.8. The second-order valence-corrected chi connectivity index (χ2v) is 6.15. The molecule has 0 spiro atoms. The van der Waals surface area contributed by atoms with Gasteiger partial charge >= 0.3 is 5.97 Å². The van der Waals surface area contributed by atoms with Crippen LogP contribution in [0.25, 0.3) is 11.3 Å². The number of ether oxygens (including phenoxy) is 1. The Bertz CT molecular complexity index is 852. The van der Waals surface area contributed by atoms with E-state index in [0.717, 1.165) is 18.9 Å². The van der Waals surface area contributed by atoms with Gasteiger partial charge in [0.2, 0.25) is 5.91 Å². The van der Waals surface area contributed by atoms with Crippen LogP contribution in [0.1, 0.15) is 29.6 Å². The summed E-state index contributed by atoms with van der Waals surface area (Å²) < 4.78 is 23.7. The van der Waals surface area contributed by atoms with Gasteiger partial charge in [-0.15, -0.1) is 0 Å². The van der Waals surface area contributed by atoms with Gasteiger partial charge in [-0.2, -0.15) is 0 Å². The lowest BCUT2D eigenvalue weighted by Crippen LogP contribution is -2.38. The lowest BCUT2D eigenvalue weighted by atomic mass is 10.1. The highest BCUT2D eigenvalue weighted by Gasteiger charge is 2.25. The summed E-state index contributed by atoms with van der Waals surface area (Å²) in [4.78, 5) is 25.3. The molecule has 8 nitrogen and oxygen atoms in total. The summed E-state index contributed by atoms with van der Waals surface area (Å²) in [5.74, 6) is -1.67. The molecule has 3 rings (SSSR count). The number of nitrogens with zero attached hydrogens (tertiary/aromatic N) is 2. The van der Waals surface area contributed by atoms with E-state index in [1.807, 2.05) is 0 Å². The van der Waals surface area contributed by atoms with E-state index in [2.05, 4.69) is 10.5 Å². The Balaban J connectivity index is 1.77. The Morgan fingerprint density at radius 2 is 2.26 bits per heavy atom. The molecule has 1 fully saturated rings. The van der Waals surface area contributed by atoms with Gasteiger partial charge in [-0.3, -0.25) is 4.79 Å². The summed E-state index contributed by atoms with van der Waals surface area (Å²) in [6.45, 7) is 1.49. The summed E-state index contributed by atoms with van der Waals surface area (Å²) in [6, 6.07) is 3.90. The molecule has 2 aromatic rings. The first kappa shape index (κ1) is 18.7. The number of anilines is 1. The van der Waals surface area contributed by atoms with Crippen molar-refractivity contribution in [3.8, 4) is 17.1 Å². The van der Waals surface area contributed by atoms with Gasteiger partial charge in [0, 0.05) is 31.6 Å². The van der Waals surface area contributed by atoms with Crippen molar-refractivity contribution in [2.45, 2.75) is 19.3 Å². The number of carboxylic acids is 1. The zero-order valence-corrected chi connectivity index (χ0v) is 14.8. The lowest BCUT2D eigenvalue weighted by Gasteiger charge is -2.26. The van der Waals surface area contributed by atoms with Crippen molar-refractivity contribution in [1.29, 1.82) is 0 Å². The third-order valence-electron chi connectivity index (χ3n) is 4.41. The number of carbonyl (C=O) groups is 2. The van der Waals surface area contributed by atoms with E-state index >= 15 is 0 Å². The third-order valence-corrected chi connectivity index (χ3v) is 4.41. The quantitative estimate of drug-likeness (QED) is 0.764. The molecule has 1 aromatic carbocycles. The number of halogens is 1. The summed E-state index contributed by atoms with van der Waals surface area (Å²) in [5.41, 5.74) is 0.172. The van der Waals surface area contributed by atoms with E-state index < -0.39 is 11.8 Å². The van der Waals surface area contributed by atoms with Crippen LogP contribution in [0.5, 0.6) is 5.75 Å². The van der Waals surface area contributed by atoms with Gasteiger partial charge in [0.15, 0.2) is 28.7 Å². The summed E-state index contributed by atoms with van der Waals surface area (Å²) in [7, 11) is 1.32. The molecule has 0 atom stereocenters. The number of aromatic nitrogens is 1. The number of benzene rings is 1. The molecule has 0 saturated carbocycles. The summed E-state index contributed by atoms with van der Waals surface area (Å²) >= 11 is 0. The van der Waals surface area contributed by atoms with Crippen LogP contribution in [0.15, 0.2) is 22.7 Å². The van der Waals surface area contributed by atoms with E-state index in [0.29, 0.717) is 31.6 Å². The number of nitrogens with one attached hydrogen (secondary N) is 1. The average Bonchev–Trinajstić information content (AvgIpc) is 3.08. The third kappa shape index (κ3) is 4.02.